The van der Waals surface area contributed by atoms with Gasteiger partial charge in [-0.2, -0.15) is 0 Å². The van der Waals surface area contributed by atoms with Crippen molar-refractivity contribution < 1.29 is 9.53 Å². The summed E-state index contributed by atoms with van der Waals surface area (Å²) in [6.07, 6.45) is 4.78. The van der Waals surface area contributed by atoms with Crippen LogP contribution in [-0.2, 0) is 12.8 Å². The Hall–Kier alpha value is -1.50. The van der Waals surface area contributed by atoms with Crippen LogP contribution >= 0.6 is 34.3 Å². The zero-order valence-electron chi connectivity index (χ0n) is 13.0. The molecule has 7 heteroatoms. The second kappa shape index (κ2) is 6.43. The van der Waals surface area contributed by atoms with Crippen molar-refractivity contribution in [3.63, 3.8) is 0 Å². The Bertz CT molecular complexity index is 919. The van der Waals surface area contributed by atoms with Crippen LogP contribution in [0, 0.1) is 5.92 Å². The fourth-order valence-corrected chi connectivity index (χ4v) is 5.33. The average Bonchev–Trinajstić information content (AvgIpc) is 3.15. The molecule has 1 aliphatic carbocycles. The Labute approximate surface area is 152 Å². The SMILES string of the molecule is CC1CCc2c(sc3ncnc(OCC(=O)c4ccc(Cl)s4)c23)C1. The molecule has 3 heterocycles. The molecule has 1 unspecified atom stereocenters. The highest BCUT2D eigenvalue weighted by molar-refractivity contribution is 7.19. The molecule has 1 atom stereocenters. The minimum Gasteiger partial charge on any atom is -0.469 e. The summed E-state index contributed by atoms with van der Waals surface area (Å²) in [4.78, 5) is 23.8. The van der Waals surface area contributed by atoms with Gasteiger partial charge < -0.3 is 4.74 Å². The van der Waals surface area contributed by atoms with Crippen LogP contribution in [0.2, 0.25) is 4.34 Å². The van der Waals surface area contributed by atoms with E-state index in [-0.39, 0.29) is 12.4 Å². The molecule has 0 aliphatic heterocycles. The fourth-order valence-electron chi connectivity index (χ4n) is 3.02. The lowest BCUT2D eigenvalue weighted by Gasteiger charge is -2.18. The average molecular weight is 379 g/mol. The van der Waals surface area contributed by atoms with Gasteiger partial charge in [-0.15, -0.1) is 22.7 Å². The molecule has 24 heavy (non-hydrogen) atoms. The van der Waals surface area contributed by atoms with Crippen LogP contribution in [0.5, 0.6) is 5.88 Å². The van der Waals surface area contributed by atoms with E-state index in [4.69, 9.17) is 16.3 Å². The van der Waals surface area contributed by atoms with Crippen LogP contribution in [0.1, 0.15) is 33.5 Å². The number of ketones is 1. The zero-order valence-corrected chi connectivity index (χ0v) is 15.4. The number of Topliss-reactive ketones (excluding diaryl/α,β-unsaturated/α-hetero) is 1. The second-order valence-corrected chi connectivity index (χ2v) is 8.83. The lowest BCUT2D eigenvalue weighted by Crippen LogP contribution is -2.12. The highest BCUT2D eigenvalue weighted by atomic mass is 35.5. The highest BCUT2D eigenvalue weighted by Gasteiger charge is 2.24. The summed E-state index contributed by atoms with van der Waals surface area (Å²) in [7, 11) is 0. The standard InChI is InChI=1S/C17H15ClN2O2S2/c1-9-2-3-10-13(6-9)24-17-15(10)16(19-8-20-17)22-7-11(21)12-4-5-14(18)23-12/h4-5,8-9H,2-3,6-7H2,1H3. The first-order chi connectivity index (χ1) is 11.6. The van der Waals surface area contributed by atoms with Gasteiger partial charge in [0.05, 0.1) is 14.6 Å². The predicted octanol–water partition coefficient (Wildman–Crippen LogP) is 4.79. The largest absolute Gasteiger partial charge is 0.469 e. The Balaban J connectivity index is 1.61. The molecule has 4 nitrogen and oxygen atoms in total. The number of halogens is 1. The second-order valence-electron chi connectivity index (χ2n) is 6.03. The monoisotopic (exact) mass is 378 g/mol. The number of carbonyl (C=O) groups is 1. The summed E-state index contributed by atoms with van der Waals surface area (Å²) < 4.78 is 6.37. The van der Waals surface area contributed by atoms with E-state index in [1.54, 1.807) is 23.5 Å². The molecule has 0 radical (unpaired) electrons. The van der Waals surface area contributed by atoms with Crippen LogP contribution in [0.25, 0.3) is 10.2 Å². The number of carbonyl (C=O) groups excluding carboxylic acids is 1. The van der Waals surface area contributed by atoms with Gasteiger partial charge in [0.25, 0.3) is 0 Å². The van der Waals surface area contributed by atoms with Gasteiger partial charge in [0.2, 0.25) is 11.7 Å². The number of ether oxygens (including phenoxy) is 1. The van der Waals surface area contributed by atoms with Gasteiger partial charge in [-0.05, 0) is 42.9 Å². The summed E-state index contributed by atoms with van der Waals surface area (Å²) in [5.41, 5.74) is 1.30. The number of aryl methyl sites for hydroxylation is 1. The van der Waals surface area contributed by atoms with Crippen molar-refractivity contribution in [2.75, 3.05) is 6.61 Å². The molecule has 1 aliphatic rings. The molecule has 0 spiro atoms. The van der Waals surface area contributed by atoms with Gasteiger partial charge in [-0.25, -0.2) is 9.97 Å². The molecule has 3 aromatic heterocycles. The Morgan fingerprint density at radius 1 is 1.38 bits per heavy atom. The van der Waals surface area contributed by atoms with Crippen molar-refractivity contribution >= 4 is 50.3 Å². The van der Waals surface area contributed by atoms with Crippen LogP contribution in [0.15, 0.2) is 18.5 Å². The molecule has 0 aromatic carbocycles. The molecular formula is C17H15ClN2O2S2. The van der Waals surface area contributed by atoms with E-state index in [2.05, 4.69) is 16.9 Å². The van der Waals surface area contributed by atoms with E-state index >= 15 is 0 Å². The fraction of sp³-hybridized carbons (Fsp3) is 0.353. The van der Waals surface area contributed by atoms with E-state index in [1.807, 2.05) is 0 Å². The van der Waals surface area contributed by atoms with Crippen molar-refractivity contribution in [2.24, 2.45) is 5.92 Å². The predicted molar refractivity (Wildman–Crippen MR) is 97.8 cm³/mol. The minimum absolute atomic E-state index is 0.0377. The van der Waals surface area contributed by atoms with E-state index in [0.29, 0.717) is 21.0 Å². The number of nitrogens with zero attached hydrogens (tertiary/aromatic N) is 2. The summed E-state index contributed by atoms with van der Waals surface area (Å²) in [6, 6.07) is 3.45. The molecule has 4 rings (SSSR count). The summed E-state index contributed by atoms with van der Waals surface area (Å²) in [6.45, 7) is 2.24. The molecule has 0 saturated heterocycles. The molecule has 0 bridgehead atoms. The maximum atomic E-state index is 12.2. The van der Waals surface area contributed by atoms with Crippen molar-refractivity contribution in [1.29, 1.82) is 0 Å². The minimum atomic E-state index is -0.0867. The normalized spacial score (nSPS) is 17.0. The number of aromatic nitrogens is 2. The molecule has 124 valence electrons. The van der Waals surface area contributed by atoms with Crippen LogP contribution in [0.3, 0.4) is 0 Å². The van der Waals surface area contributed by atoms with E-state index in [0.717, 1.165) is 23.1 Å². The highest BCUT2D eigenvalue weighted by Crippen LogP contribution is 2.40. The van der Waals surface area contributed by atoms with E-state index in [1.165, 1.54) is 34.5 Å². The van der Waals surface area contributed by atoms with Crippen LogP contribution in [0.4, 0.5) is 0 Å². The third kappa shape index (κ3) is 2.94. The Morgan fingerprint density at radius 3 is 3.04 bits per heavy atom. The van der Waals surface area contributed by atoms with E-state index < -0.39 is 0 Å². The number of rotatable bonds is 4. The van der Waals surface area contributed by atoms with Gasteiger partial charge >= 0.3 is 0 Å². The molecular weight excluding hydrogens is 364 g/mol. The zero-order chi connectivity index (χ0) is 16.7. The van der Waals surface area contributed by atoms with Crippen LogP contribution in [-0.4, -0.2) is 22.4 Å². The van der Waals surface area contributed by atoms with E-state index in [9.17, 15) is 4.79 Å². The summed E-state index contributed by atoms with van der Waals surface area (Å²) in [5, 5.41) is 0.987. The topological polar surface area (TPSA) is 52.1 Å². The summed E-state index contributed by atoms with van der Waals surface area (Å²) in [5.74, 6) is 1.13. The number of hydrogen-bond donors (Lipinski definition) is 0. The maximum Gasteiger partial charge on any atom is 0.226 e. The quantitative estimate of drug-likeness (QED) is 0.612. The molecule has 0 fully saturated rings. The van der Waals surface area contributed by atoms with Crippen molar-refractivity contribution in [1.82, 2.24) is 9.97 Å². The van der Waals surface area contributed by atoms with Gasteiger partial charge in [-0.3, -0.25) is 4.79 Å². The lowest BCUT2D eigenvalue weighted by atomic mass is 9.89. The van der Waals surface area contributed by atoms with Gasteiger partial charge in [0.15, 0.2) is 6.61 Å². The first kappa shape index (κ1) is 16.0. The third-order valence-electron chi connectivity index (χ3n) is 4.24. The number of fused-ring (bicyclic) bond motifs is 3. The van der Waals surface area contributed by atoms with Gasteiger partial charge in [-0.1, -0.05) is 18.5 Å². The first-order valence-corrected chi connectivity index (χ1v) is 9.79. The van der Waals surface area contributed by atoms with Crippen molar-refractivity contribution in [2.45, 2.75) is 26.2 Å². The smallest absolute Gasteiger partial charge is 0.226 e. The summed E-state index contributed by atoms with van der Waals surface area (Å²) >= 11 is 8.87. The van der Waals surface area contributed by atoms with Gasteiger partial charge in [0, 0.05) is 4.88 Å². The number of hydrogen-bond acceptors (Lipinski definition) is 6. The number of thiophene rings is 2. The maximum absolute atomic E-state index is 12.2. The molecule has 3 aromatic rings. The first-order valence-electron chi connectivity index (χ1n) is 7.78. The molecule has 0 saturated carbocycles. The van der Waals surface area contributed by atoms with Crippen molar-refractivity contribution in [3.05, 3.63) is 38.1 Å². The molecule has 0 amide bonds. The Morgan fingerprint density at radius 2 is 2.25 bits per heavy atom. The Kier molecular flexibility index (Phi) is 4.28. The van der Waals surface area contributed by atoms with Crippen LogP contribution < -0.4 is 4.74 Å². The van der Waals surface area contributed by atoms with Crippen molar-refractivity contribution in [3.8, 4) is 5.88 Å². The van der Waals surface area contributed by atoms with Gasteiger partial charge in [0.1, 0.15) is 11.2 Å². The molecule has 0 N–H and O–H groups in total. The third-order valence-corrected chi connectivity index (χ3v) is 6.68. The lowest BCUT2D eigenvalue weighted by molar-refractivity contribution is 0.0923.